The Morgan fingerprint density at radius 2 is 1.63 bits per heavy atom. The summed E-state index contributed by atoms with van der Waals surface area (Å²) in [6, 6.07) is 0. The van der Waals surface area contributed by atoms with E-state index >= 15 is 0 Å². The number of aliphatic hydroxyl groups is 2. The molecule has 0 aliphatic heterocycles. The Morgan fingerprint density at radius 1 is 1.11 bits per heavy atom. The maximum atomic E-state index is 12.0. The zero-order valence-corrected chi connectivity index (χ0v) is 12.0. The van der Waals surface area contributed by atoms with E-state index in [9.17, 15) is 19.8 Å². The van der Waals surface area contributed by atoms with Gasteiger partial charge in [-0.25, -0.2) is 0 Å². The number of ether oxygens (including phenoxy) is 1. The van der Waals surface area contributed by atoms with Crippen LogP contribution < -0.4 is 0 Å². The van der Waals surface area contributed by atoms with Gasteiger partial charge in [0.05, 0.1) is 12.7 Å². The highest BCUT2D eigenvalue weighted by Gasteiger charge is 2.36. The van der Waals surface area contributed by atoms with Crippen LogP contribution in [0.5, 0.6) is 0 Å². The second-order valence-corrected chi connectivity index (χ2v) is 5.19. The lowest BCUT2D eigenvalue weighted by Crippen LogP contribution is -2.46. The van der Waals surface area contributed by atoms with Crippen molar-refractivity contribution in [3.63, 3.8) is 0 Å². The van der Waals surface area contributed by atoms with E-state index in [1.54, 1.807) is 27.7 Å². The van der Waals surface area contributed by atoms with Crippen LogP contribution in [0.3, 0.4) is 0 Å². The van der Waals surface area contributed by atoms with Crippen molar-refractivity contribution in [3.8, 4) is 0 Å². The molecule has 0 fully saturated rings. The quantitative estimate of drug-likeness (QED) is 0.477. The summed E-state index contributed by atoms with van der Waals surface area (Å²) in [7, 11) is 0. The lowest BCUT2D eigenvalue weighted by atomic mass is 9.92. The molecule has 19 heavy (non-hydrogen) atoms. The van der Waals surface area contributed by atoms with Crippen LogP contribution in [0.1, 0.15) is 27.7 Å². The number of aliphatic hydroxyl groups excluding tert-OH is 2. The second-order valence-electron chi connectivity index (χ2n) is 5.19. The van der Waals surface area contributed by atoms with Gasteiger partial charge in [-0.1, -0.05) is 33.8 Å². The first-order chi connectivity index (χ1) is 8.73. The molecular formula is C14H24O5. The molecule has 0 rings (SSSR count). The summed E-state index contributed by atoms with van der Waals surface area (Å²) in [4.78, 5) is 23.8. The van der Waals surface area contributed by atoms with Crippen molar-refractivity contribution in [2.75, 3.05) is 6.61 Å². The summed E-state index contributed by atoms with van der Waals surface area (Å²) in [6.45, 7) is 10.4. The fourth-order valence-electron chi connectivity index (χ4n) is 1.55. The zero-order valence-electron chi connectivity index (χ0n) is 12.0. The molecule has 2 unspecified atom stereocenters. The molecular weight excluding hydrogens is 248 g/mol. The third kappa shape index (κ3) is 5.22. The summed E-state index contributed by atoms with van der Waals surface area (Å²) in [5, 5.41) is 19.3. The average Bonchev–Trinajstić information content (AvgIpc) is 2.35. The largest absolute Gasteiger partial charge is 0.390 e. The number of Topliss-reactive ketones (excluding diaryl/α,β-unsaturated/α-hetero) is 2. The van der Waals surface area contributed by atoms with Gasteiger partial charge in [0.15, 0.2) is 0 Å². The first kappa shape index (κ1) is 18.0. The zero-order chi connectivity index (χ0) is 15.2. The molecule has 0 aliphatic carbocycles. The number of hydrogen-bond donors (Lipinski definition) is 2. The van der Waals surface area contributed by atoms with Crippen molar-refractivity contribution in [1.29, 1.82) is 0 Å². The Balaban J connectivity index is 4.84. The first-order valence-corrected chi connectivity index (χ1v) is 6.40. The van der Waals surface area contributed by atoms with Crippen LogP contribution in [0, 0.1) is 11.8 Å². The maximum absolute atomic E-state index is 12.0. The molecule has 0 aromatic carbocycles. The van der Waals surface area contributed by atoms with Gasteiger partial charge in [0.25, 0.3) is 0 Å². The minimum Gasteiger partial charge on any atom is -0.390 e. The molecule has 5 nitrogen and oxygen atoms in total. The predicted molar refractivity (Wildman–Crippen MR) is 71.6 cm³/mol. The van der Waals surface area contributed by atoms with Crippen LogP contribution in [0.2, 0.25) is 0 Å². The topological polar surface area (TPSA) is 83.8 Å². The highest BCUT2D eigenvalue weighted by molar-refractivity contribution is 6.40. The van der Waals surface area contributed by atoms with E-state index < -0.39 is 29.9 Å². The molecule has 110 valence electrons. The predicted octanol–water partition coefficient (Wildman–Crippen LogP) is 0.730. The molecule has 0 aliphatic rings. The van der Waals surface area contributed by atoms with Crippen molar-refractivity contribution < 1.29 is 24.5 Å². The lowest BCUT2D eigenvalue weighted by Gasteiger charge is -2.23. The summed E-state index contributed by atoms with van der Waals surface area (Å²) >= 11 is 0. The number of hydrogen-bond acceptors (Lipinski definition) is 5. The highest BCUT2D eigenvalue weighted by atomic mass is 16.5. The lowest BCUT2D eigenvalue weighted by molar-refractivity contribution is -0.153. The normalized spacial score (nSPS) is 16.2. The van der Waals surface area contributed by atoms with Crippen molar-refractivity contribution in [3.05, 3.63) is 12.7 Å². The molecule has 0 radical (unpaired) electrons. The summed E-state index contributed by atoms with van der Waals surface area (Å²) in [6.07, 6.45) is -2.42. The Morgan fingerprint density at radius 3 is 2.00 bits per heavy atom. The van der Waals surface area contributed by atoms with Gasteiger partial charge in [0.2, 0.25) is 11.6 Å². The molecule has 0 saturated carbocycles. The molecule has 0 aromatic heterocycles. The average molecular weight is 272 g/mol. The van der Waals surface area contributed by atoms with Gasteiger partial charge in [-0.05, 0) is 11.8 Å². The first-order valence-electron chi connectivity index (χ1n) is 6.40. The van der Waals surface area contributed by atoms with E-state index in [4.69, 9.17) is 4.74 Å². The molecule has 2 N–H and O–H groups in total. The molecule has 0 spiro atoms. The van der Waals surface area contributed by atoms with Crippen LogP contribution in [-0.4, -0.2) is 46.7 Å². The molecule has 5 heteroatoms. The molecule has 0 bridgehead atoms. The summed E-state index contributed by atoms with van der Waals surface area (Å²) in [5.41, 5.74) is 0. The van der Waals surface area contributed by atoms with E-state index in [1.165, 1.54) is 6.08 Å². The van der Waals surface area contributed by atoms with E-state index in [2.05, 4.69) is 6.58 Å². The van der Waals surface area contributed by atoms with Crippen molar-refractivity contribution >= 4 is 11.6 Å². The van der Waals surface area contributed by atoms with Gasteiger partial charge in [-0.2, -0.15) is 0 Å². The van der Waals surface area contributed by atoms with Gasteiger partial charge in [0.1, 0.15) is 12.2 Å². The van der Waals surface area contributed by atoms with Crippen molar-refractivity contribution in [1.82, 2.24) is 0 Å². The van der Waals surface area contributed by atoms with Crippen molar-refractivity contribution in [2.24, 2.45) is 11.8 Å². The van der Waals surface area contributed by atoms with E-state index in [0.29, 0.717) is 0 Å². The molecule has 0 amide bonds. The summed E-state index contributed by atoms with van der Waals surface area (Å²) in [5.74, 6) is -2.36. The number of carbonyl (C=O) groups is 2. The third-order valence-corrected chi connectivity index (χ3v) is 2.78. The van der Waals surface area contributed by atoms with Gasteiger partial charge in [-0.15, -0.1) is 6.58 Å². The Bertz CT molecular complexity index is 322. The minimum atomic E-state index is -1.71. The fourth-order valence-corrected chi connectivity index (χ4v) is 1.55. The maximum Gasteiger partial charge on any atom is 0.232 e. The summed E-state index contributed by atoms with van der Waals surface area (Å²) < 4.78 is 5.24. The Kier molecular flexibility index (Phi) is 7.75. The number of carbonyl (C=O) groups excluding carboxylic acids is 2. The minimum absolute atomic E-state index is 0.144. The SMILES string of the molecule is C=CCOC(C(=O)C(=O)[C@H](O)C(O)C(C)C)C(C)C. The number of rotatable bonds is 9. The standard InChI is InChI=1S/C14H24O5/c1-6-7-19-14(9(4)5)13(18)12(17)11(16)10(15)8(2)3/h6,8-11,14-16H,1,7H2,2-5H3/t10?,11-,14?/m1/s1. The van der Waals surface area contributed by atoms with Gasteiger partial charge < -0.3 is 14.9 Å². The molecule has 0 saturated heterocycles. The van der Waals surface area contributed by atoms with E-state index in [-0.39, 0.29) is 18.4 Å². The van der Waals surface area contributed by atoms with Crippen LogP contribution in [-0.2, 0) is 14.3 Å². The third-order valence-electron chi connectivity index (χ3n) is 2.78. The Hall–Kier alpha value is -1.04. The van der Waals surface area contributed by atoms with E-state index in [0.717, 1.165) is 0 Å². The smallest absolute Gasteiger partial charge is 0.232 e. The van der Waals surface area contributed by atoms with Crippen molar-refractivity contribution in [2.45, 2.75) is 46.0 Å². The van der Waals surface area contributed by atoms with Crippen LogP contribution >= 0.6 is 0 Å². The molecule has 3 atom stereocenters. The van der Waals surface area contributed by atoms with Gasteiger partial charge >= 0.3 is 0 Å². The molecule has 0 heterocycles. The monoisotopic (exact) mass is 272 g/mol. The molecule has 0 aromatic rings. The van der Waals surface area contributed by atoms with Crippen LogP contribution in [0.25, 0.3) is 0 Å². The van der Waals surface area contributed by atoms with Gasteiger partial charge in [0, 0.05) is 0 Å². The van der Waals surface area contributed by atoms with Crippen LogP contribution in [0.4, 0.5) is 0 Å². The highest BCUT2D eigenvalue weighted by Crippen LogP contribution is 2.13. The second kappa shape index (κ2) is 8.19. The van der Waals surface area contributed by atoms with E-state index in [1.807, 2.05) is 0 Å². The Labute approximate surface area is 114 Å². The van der Waals surface area contributed by atoms with Crippen LogP contribution in [0.15, 0.2) is 12.7 Å². The number of ketones is 2. The van der Waals surface area contributed by atoms with Gasteiger partial charge in [-0.3, -0.25) is 9.59 Å². The fraction of sp³-hybridized carbons (Fsp3) is 0.714.